The summed E-state index contributed by atoms with van der Waals surface area (Å²) in [7, 11) is 0. The van der Waals surface area contributed by atoms with E-state index in [0.717, 1.165) is 45.3 Å². The summed E-state index contributed by atoms with van der Waals surface area (Å²) in [6, 6.07) is 0.438. The van der Waals surface area contributed by atoms with E-state index in [2.05, 4.69) is 24.1 Å². The maximum Gasteiger partial charge on any atom is 0.323 e. The van der Waals surface area contributed by atoms with Gasteiger partial charge in [0.25, 0.3) is 0 Å². The molecule has 4 heteroatoms. The lowest BCUT2D eigenvalue weighted by Gasteiger charge is -2.31. The van der Waals surface area contributed by atoms with Crippen LogP contribution in [-0.4, -0.2) is 47.2 Å². The zero-order valence-corrected chi connectivity index (χ0v) is 13.5. The van der Waals surface area contributed by atoms with Crippen molar-refractivity contribution in [3.8, 4) is 0 Å². The first-order valence-corrected chi connectivity index (χ1v) is 8.31. The third-order valence-corrected chi connectivity index (χ3v) is 4.42. The van der Waals surface area contributed by atoms with E-state index in [4.69, 9.17) is 0 Å². The molecule has 0 aromatic rings. The van der Waals surface area contributed by atoms with Crippen LogP contribution in [0.5, 0.6) is 0 Å². The minimum absolute atomic E-state index is 0.438. The Kier molecular flexibility index (Phi) is 7.52. The topological polar surface area (TPSA) is 52.6 Å². The fourth-order valence-electron chi connectivity index (χ4n) is 2.70. The maximum atomic E-state index is 11.7. The number of hydrogen-bond donors (Lipinski definition) is 2. The van der Waals surface area contributed by atoms with Crippen LogP contribution in [-0.2, 0) is 4.79 Å². The molecule has 118 valence electrons. The highest BCUT2D eigenvalue weighted by Gasteiger charge is 2.40. The van der Waals surface area contributed by atoms with Crippen molar-refractivity contribution in [1.29, 1.82) is 0 Å². The van der Waals surface area contributed by atoms with Crippen molar-refractivity contribution in [2.45, 2.75) is 77.3 Å². The Morgan fingerprint density at radius 2 is 1.90 bits per heavy atom. The van der Waals surface area contributed by atoms with Crippen molar-refractivity contribution in [1.82, 2.24) is 10.2 Å². The average Bonchev–Trinajstić information content (AvgIpc) is 3.24. The van der Waals surface area contributed by atoms with Crippen LogP contribution in [0.3, 0.4) is 0 Å². The summed E-state index contributed by atoms with van der Waals surface area (Å²) in [5.41, 5.74) is -0.703. The van der Waals surface area contributed by atoms with Crippen molar-refractivity contribution >= 4 is 5.97 Å². The van der Waals surface area contributed by atoms with Crippen LogP contribution in [0.25, 0.3) is 0 Å². The smallest absolute Gasteiger partial charge is 0.323 e. The van der Waals surface area contributed by atoms with Crippen LogP contribution in [0.1, 0.15) is 65.7 Å². The SMILES string of the molecule is CCCCN(CC)CCCC(CC)(NC1CC1)C(=O)O. The quantitative estimate of drug-likeness (QED) is 0.578. The van der Waals surface area contributed by atoms with E-state index in [1.807, 2.05) is 6.92 Å². The third-order valence-electron chi connectivity index (χ3n) is 4.42. The number of nitrogens with zero attached hydrogens (tertiary/aromatic N) is 1. The van der Waals surface area contributed by atoms with Gasteiger partial charge in [0.2, 0.25) is 0 Å². The predicted octanol–water partition coefficient (Wildman–Crippen LogP) is 2.87. The Morgan fingerprint density at radius 1 is 1.25 bits per heavy atom. The highest BCUT2D eigenvalue weighted by molar-refractivity contribution is 5.78. The van der Waals surface area contributed by atoms with E-state index in [9.17, 15) is 9.90 Å². The molecule has 0 aliphatic heterocycles. The van der Waals surface area contributed by atoms with E-state index >= 15 is 0 Å². The molecule has 20 heavy (non-hydrogen) atoms. The summed E-state index contributed by atoms with van der Waals surface area (Å²) in [5, 5.41) is 13.0. The fraction of sp³-hybridized carbons (Fsp3) is 0.938. The highest BCUT2D eigenvalue weighted by Crippen LogP contribution is 2.27. The van der Waals surface area contributed by atoms with Crippen LogP contribution in [0.4, 0.5) is 0 Å². The number of rotatable bonds is 12. The van der Waals surface area contributed by atoms with Gasteiger partial charge in [-0.2, -0.15) is 0 Å². The van der Waals surface area contributed by atoms with Gasteiger partial charge >= 0.3 is 5.97 Å². The van der Waals surface area contributed by atoms with Gasteiger partial charge in [0, 0.05) is 6.04 Å². The molecule has 1 aliphatic carbocycles. The lowest BCUT2D eigenvalue weighted by atomic mass is 9.90. The van der Waals surface area contributed by atoms with E-state index in [1.54, 1.807) is 0 Å². The number of unbranched alkanes of at least 4 members (excludes halogenated alkanes) is 1. The zero-order chi connectivity index (χ0) is 15.0. The van der Waals surface area contributed by atoms with Crippen molar-refractivity contribution in [2.75, 3.05) is 19.6 Å². The van der Waals surface area contributed by atoms with Gasteiger partial charge in [0.05, 0.1) is 0 Å². The van der Waals surface area contributed by atoms with Crippen LogP contribution in [0, 0.1) is 0 Å². The molecule has 0 amide bonds. The summed E-state index contributed by atoms with van der Waals surface area (Å²) < 4.78 is 0. The molecule has 0 saturated heterocycles. The minimum Gasteiger partial charge on any atom is -0.480 e. The van der Waals surface area contributed by atoms with Crippen LogP contribution < -0.4 is 5.32 Å². The molecule has 1 unspecified atom stereocenters. The second-order valence-corrected chi connectivity index (χ2v) is 6.05. The molecule has 1 fully saturated rings. The first kappa shape index (κ1) is 17.4. The molecule has 1 saturated carbocycles. The van der Waals surface area contributed by atoms with Gasteiger partial charge in [-0.15, -0.1) is 0 Å². The normalized spacial score (nSPS) is 18.2. The summed E-state index contributed by atoms with van der Waals surface area (Å²) >= 11 is 0. The van der Waals surface area contributed by atoms with Crippen LogP contribution in [0.2, 0.25) is 0 Å². The first-order valence-electron chi connectivity index (χ1n) is 8.31. The largest absolute Gasteiger partial charge is 0.480 e. The number of aliphatic carboxylic acids is 1. The number of carbonyl (C=O) groups is 1. The first-order chi connectivity index (χ1) is 9.57. The van der Waals surface area contributed by atoms with Crippen molar-refractivity contribution in [2.24, 2.45) is 0 Å². The van der Waals surface area contributed by atoms with Crippen molar-refractivity contribution in [3.63, 3.8) is 0 Å². The summed E-state index contributed by atoms with van der Waals surface area (Å²) in [5.74, 6) is -0.677. The molecule has 1 atom stereocenters. The molecule has 0 bridgehead atoms. The van der Waals surface area contributed by atoms with Gasteiger partial charge in [-0.25, -0.2) is 0 Å². The average molecular weight is 284 g/mol. The second kappa shape index (κ2) is 8.63. The molecule has 0 radical (unpaired) electrons. The molecule has 0 heterocycles. The Bertz CT molecular complexity index is 292. The molecule has 4 nitrogen and oxygen atoms in total. The Morgan fingerprint density at radius 3 is 2.35 bits per heavy atom. The van der Waals surface area contributed by atoms with E-state index in [-0.39, 0.29) is 0 Å². The Balaban J connectivity index is 2.42. The number of carboxylic acid groups (broad SMARTS) is 1. The molecular weight excluding hydrogens is 252 g/mol. The number of carboxylic acids is 1. The third kappa shape index (κ3) is 5.41. The summed E-state index contributed by atoms with van der Waals surface area (Å²) in [4.78, 5) is 14.1. The van der Waals surface area contributed by atoms with E-state index < -0.39 is 11.5 Å². The van der Waals surface area contributed by atoms with Crippen molar-refractivity contribution < 1.29 is 9.90 Å². The molecule has 2 N–H and O–H groups in total. The highest BCUT2D eigenvalue weighted by atomic mass is 16.4. The number of nitrogens with one attached hydrogen (secondary N) is 1. The fourth-order valence-corrected chi connectivity index (χ4v) is 2.70. The van der Waals surface area contributed by atoms with Gasteiger partial charge in [0.15, 0.2) is 0 Å². The monoisotopic (exact) mass is 284 g/mol. The Hall–Kier alpha value is -0.610. The maximum absolute atomic E-state index is 11.7. The summed E-state index contributed by atoms with van der Waals surface area (Å²) in [6.45, 7) is 9.58. The second-order valence-electron chi connectivity index (χ2n) is 6.05. The standard InChI is InChI=1S/C16H32N2O2/c1-4-7-12-18(6-3)13-8-11-16(5-2,15(19)20)17-14-9-10-14/h14,17H,4-13H2,1-3H3,(H,19,20). The van der Waals surface area contributed by atoms with E-state index in [1.165, 1.54) is 12.8 Å². The van der Waals surface area contributed by atoms with Crippen molar-refractivity contribution in [3.05, 3.63) is 0 Å². The van der Waals surface area contributed by atoms with E-state index in [0.29, 0.717) is 12.5 Å². The molecule has 1 aliphatic rings. The Labute approximate surface area is 123 Å². The zero-order valence-electron chi connectivity index (χ0n) is 13.5. The van der Waals surface area contributed by atoms with Crippen LogP contribution >= 0.6 is 0 Å². The molecule has 1 rings (SSSR count). The molecule has 0 spiro atoms. The van der Waals surface area contributed by atoms with Gasteiger partial charge < -0.3 is 10.0 Å². The molecule has 0 aromatic heterocycles. The summed E-state index contributed by atoms with van der Waals surface area (Å²) in [6.07, 6.45) is 7.06. The van der Waals surface area contributed by atoms with Crippen LogP contribution in [0.15, 0.2) is 0 Å². The molecular formula is C16H32N2O2. The predicted molar refractivity (Wildman–Crippen MR) is 83.1 cm³/mol. The lowest BCUT2D eigenvalue weighted by molar-refractivity contribution is -0.145. The van der Waals surface area contributed by atoms with Gasteiger partial charge in [-0.3, -0.25) is 10.1 Å². The minimum atomic E-state index is -0.703. The van der Waals surface area contributed by atoms with Gasteiger partial charge in [-0.05, 0) is 58.2 Å². The molecule has 0 aromatic carbocycles. The number of hydrogen-bond acceptors (Lipinski definition) is 3. The van der Waals surface area contributed by atoms with Gasteiger partial charge in [0.1, 0.15) is 5.54 Å². The lowest BCUT2D eigenvalue weighted by Crippen LogP contribution is -2.53. The van der Waals surface area contributed by atoms with Gasteiger partial charge in [-0.1, -0.05) is 27.2 Å².